The van der Waals surface area contributed by atoms with Crippen molar-refractivity contribution in [1.82, 2.24) is 9.29 Å². The summed E-state index contributed by atoms with van der Waals surface area (Å²) < 4.78 is 26.8. The summed E-state index contributed by atoms with van der Waals surface area (Å²) in [6, 6.07) is 1.69. The van der Waals surface area contributed by atoms with Crippen molar-refractivity contribution in [2.75, 3.05) is 25.5 Å². The Morgan fingerprint density at radius 3 is 2.68 bits per heavy atom. The molecular formula is C13H21N3O2S. The van der Waals surface area contributed by atoms with E-state index >= 15 is 0 Å². The van der Waals surface area contributed by atoms with E-state index in [4.69, 9.17) is 0 Å². The smallest absolute Gasteiger partial charge is 0.246 e. The molecule has 1 aromatic rings. The van der Waals surface area contributed by atoms with Crippen LogP contribution in [-0.4, -0.2) is 37.8 Å². The maximum Gasteiger partial charge on any atom is 0.246 e. The van der Waals surface area contributed by atoms with Gasteiger partial charge in [0.05, 0.1) is 5.69 Å². The van der Waals surface area contributed by atoms with Crippen molar-refractivity contribution in [3.63, 3.8) is 0 Å². The van der Waals surface area contributed by atoms with E-state index < -0.39 is 10.0 Å². The summed E-state index contributed by atoms with van der Waals surface area (Å²) >= 11 is 0. The molecule has 19 heavy (non-hydrogen) atoms. The predicted molar refractivity (Wildman–Crippen MR) is 75.6 cm³/mol. The first-order valence-electron chi connectivity index (χ1n) is 6.71. The molecule has 0 saturated carbocycles. The topological polar surface area (TPSA) is 62.3 Å². The molecule has 2 heterocycles. The fourth-order valence-corrected chi connectivity index (χ4v) is 4.10. The van der Waals surface area contributed by atoms with Crippen LogP contribution in [0.15, 0.2) is 23.4 Å². The van der Waals surface area contributed by atoms with E-state index in [0.717, 1.165) is 19.3 Å². The summed E-state index contributed by atoms with van der Waals surface area (Å²) in [4.78, 5) is 4.21. The number of hydrogen-bond donors (Lipinski definition) is 1. The third kappa shape index (κ3) is 2.90. The Morgan fingerprint density at radius 1 is 1.42 bits per heavy atom. The first-order chi connectivity index (χ1) is 9.09. The van der Waals surface area contributed by atoms with Gasteiger partial charge in [-0.3, -0.25) is 4.98 Å². The summed E-state index contributed by atoms with van der Waals surface area (Å²) in [6.45, 7) is 3.38. The standard InChI is InChI=1S/C13H21N3O2S/c1-3-11-5-8-16(9-6-11)19(17,18)13-10-15-7-4-12(13)14-2/h4,7,10-11H,3,5-6,8-9H2,1-2H3,(H,14,15). The van der Waals surface area contributed by atoms with Crippen LogP contribution in [0, 0.1) is 5.92 Å². The quantitative estimate of drug-likeness (QED) is 0.917. The van der Waals surface area contributed by atoms with E-state index in [9.17, 15) is 8.42 Å². The molecule has 0 aromatic carbocycles. The third-order valence-corrected chi connectivity index (χ3v) is 5.75. The zero-order valence-corrected chi connectivity index (χ0v) is 12.3. The average molecular weight is 283 g/mol. The highest BCUT2D eigenvalue weighted by molar-refractivity contribution is 7.89. The maximum atomic E-state index is 12.6. The third-order valence-electron chi connectivity index (χ3n) is 3.82. The summed E-state index contributed by atoms with van der Waals surface area (Å²) in [5.74, 6) is 0.657. The van der Waals surface area contributed by atoms with Crippen LogP contribution in [0.5, 0.6) is 0 Å². The molecule has 0 radical (unpaired) electrons. The van der Waals surface area contributed by atoms with Gasteiger partial charge in [0.25, 0.3) is 0 Å². The van der Waals surface area contributed by atoms with E-state index in [1.54, 1.807) is 23.6 Å². The minimum Gasteiger partial charge on any atom is -0.387 e. The fraction of sp³-hybridized carbons (Fsp3) is 0.615. The van der Waals surface area contributed by atoms with Gasteiger partial charge < -0.3 is 5.32 Å². The summed E-state index contributed by atoms with van der Waals surface area (Å²) in [5.41, 5.74) is 0.604. The number of nitrogens with one attached hydrogen (secondary N) is 1. The van der Waals surface area contributed by atoms with E-state index in [-0.39, 0.29) is 4.90 Å². The number of pyridine rings is 1. The van der Waals surface area contributed by atoms with Gasteiger partial charge in [0.1, 0.15) is 4.90 Å². The molecule has 1 fully saturated rings. The maximum absolute atomic E-state index is 12.6. The molecule has 6 heteroatoms. The minimum atomic E-state index is -3.43. The van der Waals surface area contributed by atoms with Gasteiger partial charge in [-0.2, -0.15) is 4.31 Å². The van der Waals surface area contributed by atoms with E-state index in [0.29, 0.717) is 24.7 Å². The Balaban J connectivity index is 2.23. The predicted octanol–water partition coefficient (Wildman–Crippen LogP) is 1.93. The molecule has 0 aliphatic carbocycles. The number of piperidine rings is 1. The highest BCUT2D eigenvalue weighted by Crippen LogP contribution is 2.28. The van der Waals surface area contributed by atoms with Gasteiger partial charge in [-0.05, 0) is 24.8 Å². The molecule has 0 bridgehead atoms. The van der Waals surface area contributed by atoms with Crippen molar-refractivity contribution in [2.24, 2.45) is 5.92 Å². The first-order valence-corrected chi connectivity index (χ1v) is 8.15. The Morgan fingerprint density at radius 2 is 2.11 bits per heavy atom. The highest BCUT2D eigenvalue weighted by Gasteiger charge is 2.30. The lowest BCUT2D eigenvalue weighted by Crippen LogP contribution is -2.38. The summed E-state index contributed by atoms with van der Waals surface area (Å²) in [5, 5.41) is 2.91. The highest BCUT2D eigenvalue weighted by atomic mass is 32.2. The lowest BCUT2D eigenvalue weighted by molar-refractivity contribution is 0.269. The molecule has 5 nitrogen and oxygen atoms in total. The molecule has 1 aromatic heterocycles. The Kier molecular flexibility index (Phi) is 4.42. The van der Waals surface area contributed by atoms with E-state index in [1.807, 2.05) is 0 Å². The van der Waals surface area contributed by atoms with E-state index in [2.05, 4.69) is 17.2 Å². The van der Waals surface area contributed by atoms with Gasteiger partial charge in [-0.25, -0.2) is 8.42 Å². The lowest BCUT2D eigenvalue weighted by atomic mass is 9.96. The Bertz CT molecular complexity index is 522. The number of sulfonamides is 1. The minimum absolute atomic E-state index is 0.271. The Hall–Kier alpha value is -1.14. The largest absolute Gasteiger partial charge is 0.387 e. The Labute approximate surface area is 115 Å². The molecule has 0 unspecified atom stereocenters. The number of aromatic nitrogens is 1. The number of rotatable bonds is 4. The normalized spacial score (nSPS) is 18.4. The SMILES string of the molecule is CCC1CCN(S(=O)(=O)c2cnccc2NC)CC1. The molecular weight excluding hydrogens is 262 g/mol. The van der Waals surface area contributed by atoms with Gasteiger partial charge in [-0.1, -0.05) is 13.3 Å². The number of hydrogen-bond acceptors (Lipinski definition) is 4. The van der Waals surface area contributed by atoms with Gasteiger partial charge in [-0.15, -0.1) is 0 Å². The summed E-state index contributed by atoms with van der Waals surface area (Å²) in [7, 11) is -1.71. The lowest BCUT2D eigenvalue weighted by Gasteiger charge is -2.31. The van der Waals surface area contributed by atoms with Crippen LogP contribution in [0.3, 0.4) is 0 Å². The summed E-state index contributed by atoms with van der Waals surface area (Å²) in [6.07, 6.45) is 6.04. The van der Waals surface area contributed by atoms with Crippen LogP contribution in [0.25, 0.3) is 0 Å². The molecule has 1 N–H and O–H groups in total. The average Bonchev–Trinajstić information content (AvgIpc) is 2.47. The molecule has 0 amide bonds. The number of nitrogens with zero attached hydrogens (tertiary/aromatic N) is 2. The molecule has 2 rings (SSSR count). The number of anilines is 1. The van der Waals surface area contributed by atoms with Crippen LogP contribution in [-0.2, 0) is 10.0 Å². The van der Waals surface area contributed by atoms with Crippen LogP contribution in [0.4, 0.5) is 5.69 Å². The van der Waals surface area contributed by atoms with Crippen molar-refractivity contribution in [1.29, 1.82) is 0 Å². The van der Waals surface area contributed by atoms with Gasteiger partial charge >= 0.3 is 0 Å². The second-order valence-electron chi connectivity index (χ2n) is 4.88. The van der Waals surface area contributed by atoms with Crippen molar-refractivity contribution in [2.45, 2.75) is 31.1 Å². The van der Waals surface area contributed by atoms with Crippen LogP contribution in [0.2, 0.25) is 0 Å². The fourth-order valence-electron chi connectivity index (χ4n) is 2.49. The molecule has 1 aliphatic rings. The second kappa shape index (κ2) is 5.88. The van der Waals surface area contributed by atoms with Crippen LogP contribution >= 0.6 is 0 Å². The zero-order chi connectivity index (χ0) is 13.9. The zero-order valence-electron chi connectivity index (χ0n) is 11.5. The van der Waals surface area contributed by atoms with Crippen LogP contribution < -0.4 is 5.32 Å². The molecule has 0 spiro atoms. The van der Waals surface area contributed by atoms with Gasteiger partial charge in [0.2, 0.25) is 10.0 Å². The van der Waals surface area contributed by atoms with Crippen molar-refractivity contribution >= 4 is 15.7 Å². The van der Waals surface area contributed by atoms with Gasteiger partial charge in [0.15, 0.2) is 0 Å². The second-order valence-corrected chi connectivity index (χ2v) is 6.78. The van der Waals surface area contributed by atoms with E-state index in [1.165, 1.54) is 6.20 Å². The van der Waals surface area contributed by atoms with Gasteiger partial charge in [0, 0.05) is 32.5 Å². The van der Waals surface area contributed by atoms with Crippen LogP contribution in [0.1, 0.15) is 26.2 Å². The first kappa shape index (κ1) is 14.3. The molecule has 1 saturated heterocycles. The van der Waals surface area contributed by atoms with Crippen molar-refractivity contribution in [3.05, 3.63) is 18.5 Å². The van der Waals surface area contributed by atoms with Crippen molar-refractivity contribution in [3.8, 4) is 0 Å². The van der Waals surface area contributed by atoms with Crippen molar-refractivity contribution < 1.29 is 8.42 Å². The molecule has 1 aliphatic heterocycles. The molecule has 0 atom stereocenters. The monoisotopic (exact) mass is 283 g/mol. The molecule has 106 valence electrons.